The lowest BCUT2D eigenvalue weighted by Gasteiger charge is -2.29. The first-order chi connectivity index (χ1) is 16.7. The lowest BCUT2D eigenvalue weighted by Crippen LogP contribution is -2.45. The van der Waals surface area contributed by atoms with Crippen molar-refractivity contribution in [2.75, 3.05) is 18.4 Å². The first-order valence-corrected chi connectivity index (χ1v) is 12.4. The number of urea groups is 1. The summed E-state index contributed by atoms with van der Waals surface area (Å²) in [6.45, 7) is 7.01. The summed E-state index contributed by atoms with van der Waals surface area (Å²) in [5, 5.41) is 2.49. The van der Waals surface area contributed by atoms with Crippen molar-refractivity contribution >= 4 is 29.0 Å². The Bertz CT molecular complexity index is 1140. The van der Waals surface area contributed by atoms with Gasteiger partial charge >= 0.3 is 6.03 Å². The maximum Gasteiger partial charge on any atom is 0.322 e. The summed E-state index contributed by atoms with van der Waals surface area (Å²) in [5.74, 6) is -1.67. The molecule has 0 unspecified atom stereocenters. The van der Waals surface area contributed by atoms with Gasteiger partial charge in [-0.05, 0) is 42.7 Å². The minimum atomic E-state index is -0.869. The molecule has 0 aliphatic carbocycles. The molecule has 3 aromatic rings. The first kappa shape index (κ1) is 26.3. The molecule has 1 atom stereocenters. The van der Waals surface area contributed by atoms with Gasteiger partial charge in [-0.3, -0.25) is 4.79 Å². The standard InChI is InChI=1S/C27H31F2N3O2S/c1-4-19(2)15-32(27(34)30-25-13-11-22(28)14-24(25)29)18-26(33)31(16-21-8-6-5-7-9-21)17-23-12-10-20(3)35-23/h5-14,19H,4,15-18H2,1-3H3,(H,30,34)/t19-/m0/s1. The molecule has 3 amide bonds. The van der Waals surface area contributed by atoms with Crippen LogP contribution in [0.4, 0.5) is 19.3 Å². The summed E-state index contributed by atoms with van der Waals surface area (Å²) < 4.78 is 27.4. The van der Waals surface area contributed by atoms with Crippen LogP contribution in [0.3, 0.4) is 0 Å². The Balaban J connectivity index is 1.79. The van der Waals surface area contributed by atoms with E-state index in [1.807, 2.05) is 63.2 Å². The number of anilines is 1. The molecule has 3 rings (SSSR count). The van der Waals surface area contributed by atoms with E-state index >= 15 is 0 Å². The third-order valence-corrected chi connectivity index (χ3v) is 6.71. The van der Waals surface area contributed by atoms with Crippen molar-refractivity contribution in [3.8, 4) is 0 Å². The number of nitrogens with one attached hydrogen (secondary N) is 1. The Kier molecular flexibility index (Phi) is 9.37. The van der Waals surface area contributed by atoms with Crippen molar-refractivity contribution < 1.29 is 18.4 Å². The smallest absolute Gasteiger partial charge is 0.322 e. The highest BCUT2D eigenvalue weighted by Gasteiger charge is 2.24. The molecule has 0 saturated carbocycles. The summed E-state index contributed by atoms with van der Waals surface area (Å²) in [5.41, 5.74) is 0.855. The highest BCUT2D eigenvalue weighted by molar-refractivity contribution is 7.11. The quantitative estimate of drug-likeness (QED) is 0.349. The van der Waals surface area contributed by atoms with Gasteiger partial charge in [-0.25, -0.2) is 13.6 Å². The van der Waals surface area contributed by atoms with Crippen molar-refractivity contribution in [2.45, 2.75) is 40.3 Å². The van der Waals surface area contributed by atoms with E-state index < -0.39 is 17.7 Å². The van der Waals surface area contributed by atoms with Crippen LogP contribution in [-0.2, 0) is 17.9 Å². The molecule has 0 spiro atoms. The van der Waals surface area contributed by atoms with E-state index in [1.54, 1.807) is 16.2 Å². The first-order valence-electron chi connectivity index (χ1n) is 11.6. The Morgan fingerprint density at radius 2 is 1.74 bits per heavy atom. The van der Waals surface area contributed by atoms with Crippen molar-refractivity contribution in [1.29, 1.82) is 0 Å². The van der Waals surface area contributed by atoms with Crippen molar-refractivity contribution in [2.24, 2.45) is 5.92 Å². The topological polar surface area (TPSA) is 52.7 Å². The molecule has 8 heteroatoms. The lowest BCUT2D eigenvalue weighted by atomic mass is 10.1. The van der Waals surface area contributed by atoms with Gasteiger partial charge in [-0.15, -0.1) is 11.3 Å². The molecule has 1 N–H and O–H groups in total. The predicted octanol–water partition coefficient (Wildman–Crippen LogP) is 6.44. The molecule has 1 heterocycles. The molecule has 0 aliphatic rings. The van der Waals surface area contributed by atoms with Crippen molar-refractivity contribution in [3.05, 3.63) is 87.6 Å². The predicted molar refractivity (Wildman–Crippen MR) is 136 cm³/mol. The van der Waals surface area contributed by atoms with Gasteiger partial charge in [0.05, 0.1) is 12.2 Å². The largest absolute Gasteiger partial charge is 0.332 e. The fraction of sp³-hybridized carbons (Fsp3) is 0.333. The molecular weight excluding hydrogens is 468 g/mol. The zero-order valence-electron chi connectivity index (χ0n) is 20.3. The molecule has 2 aromatic carbocycles. The number of carbonyl (C=O) groups is 2. The van der Waals surface area contributed by atoms with Crippen molar-refractivity contribution in [3.63, 3.8) is 0 Å². The Hall–Kier alpha value is -3.26. The fourth-order valence-corrected chi connectivity index (χ4v) is 4.47. The van der Waals surface area contributed by atoms with Crippen molar-refractivity contribution in [1.82, 2.24) is 9.80 Å². The number of halogens is 2. The SMILES string of the molecule is CC[C@H](C)CN(CC(=O)N(Cc1ccccc1)Cc1ccc(C)s1)C(=O)Nc1ccc(F)cc1F. The van der Waals surface area contributed by atoms with Gasteiger partial charge in [0.1, 0.15) is 18.2 Å². The number of rotatable bonds is 10. The van der Waals surface area contributed by atoms with Gasteiger partial charge in [-0.2, -0.15) is 0 Å². The molecule has 0 radical (unpaired) electrons. The maximum absolute atomic E-state index is 14.1. The third kappa shape index (κ3) is 7.89. The minimum Gasteiger partial charge on any atom is -0.332 e. The Morgan fingerprint density at radius 1 is 1.00 bits per heavy atom. The number of nitrogens with zero attached hydrogens (tertiary/aromatic N) is 2. The van der Waals surface area contributed by atoms with Gasteiger partial charge in [0, 0.05) is 28.9 Å². The minimum absolute atomic E-state index is 0.131. The maximum atomic E-state index is 14.1. The second-order valence-corrected chi connectivity index (χ2v) is 10.1. The second kappa shape index (κ2) is 12.4. The van der Waals surface area contributed by atoms with Gasteiger partial charge in [0.15, 0.2) is 0 Å². The average Bonchev–Trinajstić information content (AvgIpc) is 3.24. The van der Waals surface area contributed by atoms with E-state index in [0.717, 1.165) is 27.8 Å². The van der Waals surface area contributed by atoms with E-state index in [0.29, 0.717) is 25.7 Å². The highest BCUT2D eigenvalue weighted by Crippen LogP contribution is 2.20. The molecule has 0 saturated heterocycles. The number of amides is 3. The molecule has 5 nitrogen and oxygen atoms in total. The highest BCUT2D eigenvalue weighted by atomic mass is 32.1. The summed E-state index contributed by atoms with van der Waals surface area (Å²) >= 11 is 1.63. The van der Waals surface area contributed by atoms with Crippen LogP contribution in [0, 0.1) is 24.5 Å². The number of aryl methyl sites for hydroxylation is 1. The molecular formula is C27H31F2N3O2S. The van der Waals surface area contributed by atoms with Crippen LogP contribution in [0.15, 0.2) is 60.7 Å². The summed E-state index contributed by atoms with van der Waals surface area (Å²) in [6, 6.07) is 16.1. The number of thiophene rings is 1. The number of carbonyl (C=O) groups excluding carboxylic acids is 2. The fourth-order valence-electron chi connectivity index (χ4n) is 3.57. The van der Waals surface area contributed by atoms with Crippen LogP contribution in [0.5, 0.6) is 0 Å². The molecule has 1 aromatic heterocycles. The van der Waals surface area contributed by atoms with E-state index in [4.69, 9.17) is 0 Å². The number of benzene rings is 2. The molecule has 186 valence electrons. The summed E-state index contributed by atoms with van der Waals surface area (Å²) in [6.07, 6.45) is 0.811. The average molecular weight is 500 g/mol. The molecule has 0 bridgehead atoms. The molecule has 0 fully saturated rings. The zero-order chi connectivity index (χ0) is 25.4. The van der Waals surface area contributed by atoms with Crippen LogP contribution in [0.25, 0.3) is 0 Å². The lowest BCUT2D eigenvalue weighted by molar-refractivity contribution is -0.133. The van der Waals surface area contributed by atoms with Gasteiger partial charge in [0.25, 0.3) is 0 Å². The van der Waals surface area contributed by atoms with Crippen LogP contribution in [-0.4, -0.2) is 34.8 Å². The zero-order valence-corrected chi connectivity index (χ0v) is 21.1. The molecule has 0 aliphatic heterocycles. The van der Waals surface area contributed by atoms with Crippen LogP contribution in [0.2, 0.25) is 0 Å². The second-order valence-electron chi connectivity index (χ2n) is 8.70. The Morgan fingerprint density at radius 3 is 2.37 bits per heavy atom. The van der Waals surface area contributed by atoms with E-state index in [2.05, 4.69) is 5.32 Å². The summed E-state index contributed by atoms with van der Waals surface area (Å²) in [4.78, 5) is 31.9. The molecule has 35 heavy (non-hydrogen) atoms. The van der Waals surface area contributed by atoms with E-state index in [1.165, 1.54) is 11.0 Å². The van der Waals surface area contributed by atoms with Crippen LogP contribution >= 0.6 is 11.3 Å². The number of hydrogen-bond donors (Lipinski definition) is 1. The van der Waals surface area contributed by atoms with Crippen LogP contribution < -0.4 is 5.32 Å². The van der Waals surface area contributed by atoms with Gasteiger partial charge in [-0.1, -0.05) is 50.6 Å². The normalized spacial score (nSPS) is 11.7. The third-order valence-electron chi connectivity index (χ3n) is 5.73. The Labute approximate surface area is 209 Å². The van der Waals surface area contributed by atoms with E-state index in [-0.39, 0.29) is 24.1 Å². The number of hydrogen-bond acceptors (Lipinski definition) is 3. The monoisotopic (exact) mass is 499 g/mol. The van der Waals surface area contributed by atoms with Gasteiger partial charge < -0.3 is 15.1 Å². The van der Waals surface area contributed by atoms with Crippen LogP contribution in [0.1, 0.15) is 35.6 Å². The van der Waals surface area contributed by atoms with Gasteiger partial charge in [0.2, 0.25) is 5.91 Å². The summed E-state index contributed by atoms with van der Waals surface area (Å²) in [7, 11) is 0. The van der Waals surface area contributed by atoms with E-state index in [9.17, 15) is 18.4 Å².